The first kappa shape index (κ1) is 15.9. The van der Waals surface area contributed by atoms with Gasteiger partial charge in [-0.05, 0) is 31.0 Å². The highest BCUT2D eigenvalue weighted by molar-refractivity contribution is 7.80. The molecule has 1 aromatic carbocycles. The van der Waals surface area contributed by atoms with Crippen LogP contribution in [-0.2, 0) is 0 Å². The summed E-state index contributed by atoms with van der Waals surface area (Å²) in [6, 6.07) is 5.66. The first-order chi connectivity index (χ1) is 10.0. The van der Waals surface area contributed by atoms with Gasteiger partial charge < -0.3 is 11.1 Å². The van der Waals surface area contributed by atoms with Crippen LogP contribution < -0.4 is 11.1 Å². The summed E-state index contributed by atoms with van der Waals surface area (Å²) in [6.45, 7) is 0. The number of thiocarbonyl (C=S) groups is 1. The second-order valence-electron chi connectivity index (χ2n) is 5.68. The van der Waals surface area contributed by atoms with Crippen molar-refractivity contribution in [1.29, 1.82) is 0 Å². The van der Waals surface area contributed by atoms with Gasteiger partial charge in [0.15, 0.2) is 0 Å². The molecule has 0 aromatic heterocycles. The third-order valence-electron chi connectivity index (χ3n) is 4.12. The molecule has 0 saturated heterocycles. The molecule has 1 aliphatic carbocycles. The molecule has 1 saturated carbocycles. The van der Waals surface area contributed by atoms with Crippen molar-refractivity contribution >= 4 is 23.1 Å². The van der Waals surface area contributed by atoms with Gasteiger partial charge >= 0.3 is 0 Å². The van der Waals surface area contributed by atoms with Crippen LogP contribution in [0.3, 0.4) is 0 Å². The van der Waals surface area contributed by atoms with E-state index in [0.717, 1.165) is 38.5 Å². The molecular weight excluding hydrogens is 287 g/mol. The molecule has 5 heteroatoms. The minimum Gasteiger partial charge on any atom is -0.391 e. The molecule has 114 valence electrons. The normalized spacial score (nSPS) is 18.3. The number of carbonyl (C=O) groups excluding carboxylic acids is 1. The fraction of sp³-hybridized carbons (Fsp3) is 0.500. The van der Waals surface area contributed by atoms with E-state index in [0.29, 0.717) is 10.6 Å². The second kappa shape index (κ2) is 6.98. The van der Waals surface area contributed by atoms with E-state index in [-0.39, 0.29) is 5.91 Å². The minimum atomic E-state index is -0.640. The SMILES string of the molecule is NC(=S)C1(NC(=O)c2cccc(F)c2)CCCCCCC1. The van der Waals surface area contributed by atoms with Crippen molar-refractivity contribution in [3.05, 3.63) is 35.6 Å². The highest BCUT2D eigenvalue weighted by atomic mass is 32.1. The number of halogens is 1. The van der Waals surface area contributed by atoms with Crippen molar-refractivity contribution in [3.63, 3.8) is 0 Å². The van der Waals surface area contributed by atoms with Crippen LogP contribution in [0.25, 0.3) is 0 Å². The molecule has 0 atom stereocenters. The molecule has 1 aliphatic rings. The predicted molar refractivity (Wildman–Crippen MR) is 85.7 cm³/mol. The van der Waals surface area contributed by atoms with E-state index < -0.39 is 11.4 Å². The van der Waals surface area contributed by atoms with Crippen LogP contribution in [0.15, 0.2) is 24.3 Å². The van der Waals surface area contributed by atoms with Gasteiger partial charge in [-0.15, -0.1) is 0 Å². The summed E-state index contributed by atoms with van der Waals surface area (Å²) >= 11 is 5.22. The van der Waals surface area contributed by atoms with Crippen LogP contribution in [0.5, 0.6) is 0 Å². The molecule has 0 unspecified atom stereocenters. The lowest BCUT2D eigenvalue weighted by Crippen LogP contribution is -2.57. The Bertz CT molecular complexity index is 525. The maximum absolute atomic E-state index is 13.2. The van der Waals surface area contributed by atoms with Gasteiger partial charge in [0.05, 0.1) is 10.5 Å². The lowest BCUT2D eigenvalue weighted by atomic mass is 9.83. The monoisotopic (exact) mass is 308 g/mol. The van der Waals surface area contributed by atoms with Crippen LogP contribution in [-0.4, -0.2) is 16.4 Å². The number of nitrogens with one attached hydrogen (secondary N) is 1. The number of hydrogen-bond acceptors (Lipinski definition) is 2. The van der Waals surface area contributed by atoms with E-state index >= 15 is 0 Å². The van der Waals surface area contributed by atoms with E-state index in [1.165, 1.54) is 24.6 Å². The Morgan fingerprint density at radius 1 is 1.19 bits per heavy atom. The Balaban J connectivity index is 2.18. The number of nitrogens with two attached hydrogens (primary N) is 1. The average Bonchev–Trinajstić information content (AvgIpc) is 2.41. The van der Waals surface area contributed by atoms with Crippen molar-refractivity contribution in [2.75, 3.05) is 0 Å². The zero-order chi connectivity index (χ0) is 15.3. The van der Waals surface area contributed by atoms with Gasteiger partial charge in [-0.25, -0.2) is 4.39 Å². The van der Waals surface area contributed by atoms with Gasteiger partial charge in [0.25, 0.3) is 5.91 Å². The lowest BCUT2D eigenvalue weighted by molar-refractivity contribution is 0.0912. The Labute approximate surface area is 130 Å². The minimum absolute atomic E-state index is 0.299. The first-order valence-corrected chi connectivity index (χ1v) is 7.82. The van der Waals surface area contributed by atoms with Crippen LogP contribution in [0.2, 0.25) is 0 Å². The molecule has 0 radical (unpaired) electrons. The molecule has 21 heavy (non-hydrogen) atoms. The molecule has 1 aromatic rings. The van der Waals surface area contributed by atoms with Gasteiger partial charge in [0, 0.05) is 5.56 Å². The molecule has 0 bridgehead atoms. The Morgan fingerprint density at radius 3 is 2.38 bits per heavy atom. The van der Waals surface area contributed by atoms with Gasteiger partial charge in [-0.1, -0.05) is 50.4 Å². The molecule has 0 aliphatic heterocycles. The van der Waals surface area contributed by atoms with Crippen molar-refractivity contribution < 1.29 is 9.18 Å². The van der Waals surface area contributed by atoms with Crippen LogP contribution in [0, 0.1) is 5.82 Å². The van der Waals surface area contributed by atoms with Crippen LogP contribution in [0.1, 0.15) is 55.3 Å². The average molecular weight is 308 g/mol. The standard InChI is InChI=1S/C16H21FN2OS/c17-13-8-6-7-12(11-13)14(20)19-16(15(18)21)9-4-2-1-3-5-10-16/h6-8,11H,1-5,9-10H2,(H2,18,21)(H,19,20). The summed E-state index contributed by atoms with van der Waals surface area (Å²) in [6.07, 6.45) is 6.94. The number of benzene rings is 1. The third-order valence-corrected chi connectivity index (χ3v) is 4.51. The predicted octanol–water partition coefficient (Wildman–Crippen LogP) is 3.32. The van der Waals surface area contributed by atoms with Crippen molar-refractivity contribution in [1.82, 2.24) is 5.32 Å². The molecule has 0 spiro atoms. The smallest absolute Gasteiger partial charge is 0.252 e. The zero-order valence-corrected chi connectivity index (χ0v) is 12.8. The van der Waals surface area contributed by atoms with E-state index in [9.17, 15) is 9.18 Å². The quantitative estimate of drug-likeness (QED) is 0.842. The Hall–Kier alpha value is -1.49. The Kier molecular flexibility index (Phi) is 5.28. The number of rotatable bonds is 3. The summed E-state index contributed by atoms with van der Waals surface area (Å²) in [5.74, 6) is -0.743. The molecule has 1 amide bonds. The van der Waals surface area contributed by atoms with Crippen molar-refractivity contribution in [2.45, 2.75) is 50.5 Å². The van der Waals surface area contributed by atoms with Gasteiger partial charge in [-0.3, -0.25) is 4.79 Å². The largest absolute Gasteiger partial charge is 0.391 e. The fourth-order valence-corrected chi connectivity index (χ4v) is 3.12. The van der Waals surface area contributed by atoms with E-state index in [1.54, 1.807) is 6.07 Å². The molecule has 0 heterocycles. The number of amides is 1. The van der Waals surface area contributed by atoms with E-state index in [4.69, 9.17) is 18.0 Å². The third kappa shape index (κ3) is 4.00. The maximum atomic E-state index is 13.2. The molecule has 2 rings (SSSR count). The highest BCUT2D eigenvalue weighted by Gasteiger charge is 2.35. The molecule has 3 N–H and O–H groups in total. The Morgan fingerprint density at radius 2 is 1.81 bits per heavy atom. The highest BCUT2D eigenvalue weighted by Crippen LogP contribution is 2.27. The van der Waals surface area contributed by atoms with Gasteiger partial charge in [0.1, 0.15) is 5.82 Å². The summed E-state index contributed by atoms with van der Waals surface area (Å²) in [4.78, 5) is 12.7. The topological polar surface area (TPSA) is 55.1 Å². The molecule has 1 fully saturated rings. The van der Waals surface area contributed by atoms with Crippen molar-refractivity contribution in [2.24, 2.45) is 5.73 Å². The van der Waals surface area contributed by atoms with E-state index in [1.807, 2.05) is 0 Å². The van der Waals surface area contributed by atoms with Gasteiger partial charge in [-0.2, -0.15) is 0 Å². The van der Waals surface area contributed by atoms with Crippen LogP contribution in [0.4, 0.5) is 4.39 Å². The molecule has 3 nitrogen and oxygen atoms in total. The van der Waals surface area contributed by atoms with Crippen LogP contribution >= 0.6 is 12.2 Å². The fourth-order valence-electron chi connectivity index (χ4n) is 2.86. The van der Waals surface area contributed by atoms with Crippen molar-refractivity contribution in [3.8, 4) is 0 Å². The summed E-state index contributed by atoms with van der Waals surface area (Å²) < 4.78 is 13.2. The van der Waals surface area contributed by atoms with Gasteiger partial charge in [0.2, 0.25) is 0 Å². The zero-order valence-electron chi connectivity index (χ0n) is 12.0. The first-order valence-electron chi connectivity index (χ1n) is 7.41. The number of hydrogen-bond donors (Lipinski definition) is 2. The second-order valence-corrected chi connectivity index (χ2v) is 6.12. The lowest BCUT2D eigenvalue weighted by Gasteiger charge is -2.35. The number of carbonyl (C=O) groups is 1. The summed E-state index contributed by atoms with van der Waals surface area (Å²) in [7, 11) is 0. The summed E-state index contributed by atoms with van der Waals surface area (Å²) in [5, 5.41) is 2.97. The maximum Gasteiger partial charge on any atom is 0.252 e. The van der Waals surface area contributed by atoms with E-state index in [2.05, 4.69) is 5.32 Å². The molecular formula is C16H21FN2OS. The summed E-state index contributed by atoms with van der Waals surface area (Å²) in [5.41, 5.74) is 5.58.